The molecule has 4 heterocycles. The number of hydrogen-bond acceptors (Lipinski definition) is 3. The monoisotopic (exact) mass is 1010 g/mol. The minimum Gasteiger partial charge on any atom is -0.456 e. The van der Waals surface area contributed by atoms with Gasteiger partial charge in [-0.3, -0.25) is 0 Å². The van der Waals surface area contributed by atoms with E-state index in [0.29, 0.717) is 0 Å². The topological polar surface area (TPSA) is 35.9 Å². The minimum absolute atomic E-state index is 0.900. The van der Waals surface area contributed by atoms with Gasteiger partial charge in [0.25, 0.3) is 0 Å². The van der Waals surface area contributed by atoms with Crippen molar-refractivity contribution in [3.63, 3.8) is 0 Å². The average Bonchev–Trinajstić information content (AvgIpc) is 4.42. The first-order valence-electron chi connectivity index (χ1n) is 26.5. The fourth-order valence-corrected chi connectivity index (χ4v) is 13.1. The van der Waals surface area contributed by atoms with Crippen LogP contribution in [0, 0.1) is 0 Å². The van der Waals surface area contributed by atoms with Crippen LogP contribution in [0.1, 0.15) is 0 Å². The number of benzene rings is 12. The molecule has 0 spiro atoms. The van der Waals surface area contributed by atoms with Crippen LogP contribution in [-0.4, -0.2) is 14.1 Å². The van der Waals surface area contributed by atoms with E-state index in [1.165, 1.54) is 71.4 Å². The normalized spacial score (nSPS) is 11.8. The highest BCUT2D eigenvalue weighted by Crippen LogP contribution is 2.44. The Hall–Kier alpha value is -10.1. The number of rotatable bonds is 8. The largest absolute Gasteiger partial charge is 0.456 e. The predicted octanol–water partition coefficient (Wildman–Crippen LogP) is 20.4. The maximum atomic E-state index is 6.16. The van der Waals surface area contributed by atoms with Crippen LogP contribution >= 0.6 is 11.3 Å². The van der Waals surface area contributed by atoms with E-state index in [2.05, 4.69) is 270 Å². The number of nitrogens with zero attached hydrogens (tertiary/aromatic N) is 3. The van der Waals surface area contributed by atoms with Crippen molar-refractivity contribution in [1.82, 2.24) is 14.1 Å². The van der Waals surface area contributed by atoms with Crippen LogP contribution in [0.2, 0.25) is 0 Å². The van der Waals surface area contributed by atoms with Gasteiger partial charge in [-0.1, -0.05) is 194 Å². The van der Waals surface area contributed by atoms with E-state index >= 15 is 0 Å². The second-order valence-corrected chi connectivity index (χ2v) is 21.2. The summed E-state index contributed by atoms with van der Waals surface area (Å²) in [6.45, 7) is 0. The van der Waals surface area contributed by atoms with Crippen LogP contribution in [-0.2, 0) is 0 Å². The number of para-hydroxylation sites is 5. The number of aromatic nitrogens is 3. The summed E-state index contributed by atoms with van der Waals surface area (Å²) in [7, 11) is 0. The lowest BCUT2D eigenvalue weighted by Gasteiger charge is -2.11. The number of thiazole rings is 1. The van der Waals surface area contributed by atoms with Crippen molar-refractivity contribution < 1.29 is 4.42 Å². The first kappa shape index (κ1) is 44.2. The van der Waals surface area contributed by atoms with Crippen LogP contribution in [0.15, 0.2) is 277 Å². The third kappa shape index (κ3) is 7.17. The molecule has 364 valence electrons. The number of hydrogen-bond donors (Lipinski definition) is 0. The molecule has 16 aromatic rings. The summed E-state index contributed by atoms with van der Waals surface area (Å²) in [6, 6.07) is 98.8. The zero-order valence-corrected chi connectivity index (χ0v) is 43.0. The zero-order valence-electron chi connectivity index (χ0n) is 42.1. The molecule has 0 amide bonds. The highest BCUT2D eigenvalue weighted by molar-refractivity contribution is 7.22. The van der Waals surface area contributed by atoms with Crippen LogP contribution in [0.4, 0.5) is 0 Å². The maximum absolute atomic E-state index is 6.16. The molecule has 0 aliphatic heterocycles. The predicted molar refractivity (Wildman–Crippen MR) is 328 cm³/mol. The van der Waals surface area contributed by atoms with Crippen molar-refractivity contribution in [2.45, 2.75) is 0 Å². The SMILES string of the molecule is c1ccc(-n2c3ccccc3c3cc(-c4ccc(-c5ccc(-c6ccc(-c7ccc8c(c7)c7ccccc7n8-c7ccccc7)cc6)c6sc(-c7ccc(-c8ccc9oc%10ccccc%10c9c8)cc7)nc56)cc4)ccc32)cc1. The van der Waals surface area contributed by atoms with Crippen molar-refractivity contribution in [2.75, 3.05) is 0 Å². The number of fused-ring (bicyclic) bond motifs is 10. The molecule has 0 bridgehead atoms. The van der Waals surface area contributed by atoms with Crippen molar-refractivity contribution in [3.05, 3.63) is 273 Å². The zero-order chi connectivity index (χ0) is 51.3. The molecule has 0 N–H and O–H groups in total. The Kier molecular flexibility index (Phi) is 10.1. The molecule has 0 saturated carbocycles. The third-order valence-electron chi connectivity index (χ3n) is 15.8. The summed E-state index contributed by atoms with van der Waals surface area (Å²) in [5, 5.41) is 8.22. The van der Waals surface area contributed by atoms with E-state index in [0.717, 1.165) is 81.9 Å². The van der Waals surface area contributed by atoms with Gasteiger partial charge in [0.05, 0.1) is 32.3 Å². The Bertz CT molecular complexity index is 4750. The molecule has 0 unspecified atom stereocenters. The van der Waals surface area contributed by atoms with Gasteiger partial charge in [0.1, 0.15) is 16.2 Å². The molecule has 5 heteroatoms. The lowest BCUT2D eigenvalue weighted by Crippen LogP contribution is -1.92. The van der Waals surface area contributed by atoms with Crippen LogP contribution < -0.4 is 0 Å². The molecular formula is C73H45N3OS. The highest BCUT2D eigenvalue weighted by Gasteiger charge is 2.19. The Labute approximate surface area is 453 Å². The van der Waals surface area contributed by atoms with Gasteiger partial charge in [-0.2, -0.15) is 0 Å². The number of furan rings is 1. The van der Waals surface area contributed by atoms with E-state index < -0.39 is 0 Å². The van der Waals surface area contributed by atoms with Crippen LogP contribution in [0.25, 0.3) is 153 Å². The average molecular weight is 1010 g/mol. The van der Waals surface area contributed by atoms with Crippen molar-refractivity contribution in [1.29, 1.82) is 0 Å². The van der Waals surface area contributed by atoms with E-state index in [-0.39, 0.29) is 0 Å². The van der Waals surface area contributed by atoms with Crippen molar-refractivity contribution >= 4 is 87.1 Å². The molecule has 0 aliphatic carbocycles. The van der Waals surface area contributed by atoms with Gasteiger partial charge in [0.15, 0.2) is 0 Å². The molecule has 0 saturated heterocycles. The summed E-state index contributed by atoms with van der Waals surface area (Å²) >= 11 is 1.76. The van der Waals surface area contributed by atoms with Gasteiger partial charge in [-0.15, -0.1) is 11.3 Å². The van der Waals surface area contributed by atoms with Crippen LogP contribution in [0.3, 0.4) is 0 Å². The molecule has 12 aromatic carbocycles. The fraction of sp³-hybridized carbons (Fsp3) is 0. The van der Waals surface area contributed by atoms with E-state index in [1.807, 2.05) is 12.1 Å². The minimum atomic E-state index is 0.900. The Balaban J connectivity index is 0.776. The Morgan fingerprint density at radius 1 is 0.282 bits per heavy atom. The summed E-state index contributed by atoms with van der Waals surface area (Å²) < 4.78 is 12.1. The van der Waals surface area contributed by atoms with E-state index in [9.17, 15) is 0 Å². The molecule has 4 aromatic heterocycles. The summed E-state index contributed by atoms with van der Waals surface area (Å²) in [5.74, 6) is 0. The van der Waals surface area contributed by atoms with Gasteiger partial charge >= 0.3 is 0 Å². The Morgan fingerprint density at radius 2 is 0.679 bits per heavy atom. The molecule has 4 nitrogen and oxygen atoms in total. The lowest BCUT2D eigenvalue weighted by molar-refractivity contribution is 0.669. The quantitative estimate of drug-likeness (QED) is 0.152. The summed E-state index contributed by atoms with van der Waals surface area (Å²) in [5.41, 5.74) is 22.6. The van der Waals surface area contributed by atoms with Gasteiger partial charge in [0, 0.05) is 60.4 Å². The molecule has 0 atom stereocenters. The first-order valence-corrected chi connectivity index (χ1v) is 27.3. The smallest absolute Gasteiger partial charge is 0.135 e. The first-order chi connectivity index (χ1) is 38.6. The molecule has 0 radical (unpaired) electrons. The van der Waals surface area contributed by atoms with E-state index in [1.54, 1.807) is 11.3 Å². The highest BCUT2D eigenvalue weighted by atomic mass is 32.1. The molecular weight excluding hydrogens is 967 g/mol. The second kappa shape index (κ2) is 17.8. The van der Waals surface area contributed by atoms with Crippen LogP contribution in [0.5, 0.6) is 0 Å². The molecule has 78 heavy (non-hydrogen) atoms. The maximum Gasteiger partial charge on any atom is 0.135 e. The van der Waals surface area contributed by atoms with Gasteiger partial charge < -0.3 is 13.6 Å². The molecule has 0 fully saturated rings. The van der Waals surface area contributed by atoms with Gasteiger partial charge in [-0.25, -0.2) is 4.98 Å². The standard InChI is InChI=1S/C73H45N3OS/c1-3-13-55(14-4-1)75-65-20-10-7-17-59(65)62-43-52(35-40-67(62)75)46-23-29-49(30-24-46)57-38-39-58(50-31-25-47(26-32-50)53-36-41-68-63(44-53)60-18-8-11-21-66(60)76(68)56-15-5-2-6-16-56)72-71(57)74-73(78-72)51-33-27-48(28-34-51)54-37-42-70-64(45-54)61-19-9-12-22-69(61)77-70/h1-45H. The third-order valence-corrected chi connectivity index (χ3v) is 17.0. The second-order valence-electron chi connectivity index (χ2n) is 20.2. The summed E-state index contributed by atoms with van der Waals surface area (Å²) in [6.07, 6.45) is 0. The fourth-order valence-electron chi connectivity index (χ4n) is 12.0. The van der Waals surface area contributed by atoms with Crippen molar-refractivity contribution in [2.24, 2.45) is 0 Å². The molecule has 0 aliphatic rings. The lowest BCUT2D eigenvalue weighted by atomic mass is 9.95. The van der Waals surface area contributed by atoms with Gasteiger partial charge in [0.2, 0.25) is 0 Å². The Morgan fingerprint density at radius 3 is 1.24 bits per heavy atom. The van der Waals surface area contributed by atoms with Crippen molar-refractivity contribution in [3.8, 4) is 77.6 Å². The summed E-state index contributed by atoms with van der Waals surface area (Å²) in [4.78, 5) is 5.53. The van der Waals surface area contributed by atoms with Gasteiger partial charge in [-0.05, 0) is 123 Å². The van der Waals surface area contributed by atoms with E-state index in [4.69, 9.17) is 9.40 Å². The molecule has 16 rings (SSSR count).